The molecule has 1 atom stereocenters. The number of hydrogen-bond acceptors (Lipinski definition) is 8. The van der Waals surface area contributed by atoms with Crippen molar-refractivity contribution in [3.05, 3.63) is 88.5 Å². The van der Waals surface area contributed by atoms with Crippen LogP contribution in [0.5, 0.6) is 17.2 Å². The van der Waals surface area contributed by atoms with Gasteiger partial charge in [0.25, 0.3) is 0 Å². The summed E-state index contributed by atoms with van der Waals surface area (Å²) in [7, 11) is 0. The summed E-state index contributed by atoms with van der Waals surface area (Å²) in [4.78, 5) is 34.4. The van der Waals surface area contributed by atoms with Gasteiger partial charge in [-0.05, 0) is 35.4 Å². The van der Waals surface area contributed by atoms with Crippen molar-refractivity contribution in [2.24, 2.45) is 0 Å². The fourth-order valence-corrected chi connectivity index (χ4v) is 4.45. The van der Waals surface area contributed by atoms with E-state index in [4.69, 9.17) is 9.15 Å². The first-order chi connectivity index (χ1) is 16.5. The minimum atomic E-state index is -0.478. The van der Waals surface area contributed by atoms with E-state index in [1.54, 1.807) is 24.5 Å². The van der Waals surface area contributed by atoms with Crippen molar-refractivity contribution >= 4 is 28.0 Å². The number of phenols is 2. The maximum Gasteiger partial charge on any atom is 0.312 e. The Labute approximate surface area is 191 Å². The van der Waals surface area contributed by atoms with E-state index in [0.717, 1.165) is 5.56 Å². The minimum absolute atomic E-state index is 0.00662. The molecule has 6 rings (SSSR count). The van der Waals surface area contributed by atoms with Gasteiger partial charge in [-0.3, -0.25) is 19.6 Å². The van der Waals surface area contributed by atoms with E-state index in [9.17, 15) is 19.8 Å². The molecular formula is C26H16N2O6. The molecule has 5 aromatic rings. The standard InChI is InChI=1S/C26H16N2O6/c29-15-4-1-13(2-5-15)17-12-33-26-23-16(14-3-6-18-19(9-14)28-8-7-27-18)10-22(31)34-21(23)11-20(30)24(26)25(17)32/h1-9,11-12,16,29-30H,10H2/t16-/m0/s1. The van der Waals surface area contributed by atoms with Gasteiger partial charge in [-0.15, -0.1) is 0 Å². The lowest BCUT2D eigenvalue weighted by Gasteiger charge is -2.26. The SMILES string of the molecule is O=C1C[C@@H](c2ccc3nccnc3c2)c2c(cc(O)c3c(=O)c(-c4ccc(O)cc4)coc23)O1. The zero-order valence-corrected chi connectivity index (χ0v) is 17.6. The van der Waals surface area contributed by atoms with E-state index >= 15 is 0 Å². The van der Waals surface area contributed by atoms with Crippen LogP contribution in [0.25, 0.3) is 33.1 Å². The lowest BCUT2D eigenvalue weighted by molar-refractivity contribution is -0.135. The number of aromatic hydroxyl groups is 2. The summed E-state index contributed by atoms with van der Waals surface area (Å²) in [5.41, 5.74) is 3.14. The predicted molar refractivity (Wildman–Crippen MR) is 123 cm³/mol. The average molecular weight is 452 g/mol. The molecule has 0 amide bonds. The number of benzene rings is 3. The molecule has 3 aromatic carbocycles. The summed E-state index contributed by atoms with van der Waals surface area (Å²) in [6.45, 7) is 0. The topological polar surface area (TPSA) is 123 Å². The van der Waals surface area contributed by atoms with Crippen molar-refractivity contribution in [2.45, 2.75) is 12.3 Å². The fourth-order valence-electron chi connectivity index (χ4n) is 4.45. The van der Waals surface area contributed by atoms with Crippen molar-refractivity contribution in [2.75, 3.05) is 0 Å². The molecule has 166 valence electrons. The molecular weight excluding hydrogens is 436 g/mol. The summed E-state index contributed by atoms with van der Waals surface area (Å²) < 4.78 is 11.3. The lowest BCUT2D eigenvalue weighted by atomic mass is 9.84. The molecule has 0 fully saturated rings. The second-order valence-corrected chi connectivity index (χ2v) is 8.07. The quantitative estimate of drug-likeness (QED) is 0.301. The smallest absolute Gasteiger partial charge is 0.312 e. The zero-order valence-electron chi connectivity index (χ0n) is 17.6. The molecule has 0 aliphatic carbocycles. The molecule has 0 bridgehead atoms. The van der Waals surface area contributed by atoms with E-state index in [2.05, 4.69) is 9.97 Å². The van der Waals surface area contributed by atoms with Gasteiger partial charge in [0.1, 0.15) is 34.5 Å². The predicted octanol–water partition coefficient (Wildman–Crippen LogP) is 4.26. The number of nitrogens with zero attached hydrogens (tertiary/aromatic N) is 2. The van der Waals surface area contributed by atoms with Gasteiger partial charge < -0.3 is 19.4 Å². The fraction of sp³-hybridized carbons (Fsp3) is 0.0769. The van der Waals surface area contributed by atoms with Crippen LogP contribution >= 0.6 is 0 Å². The molecule has 8 heteroatoms. The average Bonchev–Trinajstić information content (AvgIpc) is 2.84. The molecule has 34 heavy (non-hydrogen) atoms. The van der Waals surface area contributed by atoms with E-state index in [0.29, 0.717) is 22.2 Å². The maximum atomic E-state index is 13.4. The number of rotatable bonds is 2. The molecule has 0 saturated heterocycles. The number of carbonyl (C=O) groups is 1. The summed E-state index contributed by atoms with van der Waals surface area (Å²) in [6, 6.07) is 12.9. The molecule has 0 unspecified atom stereocenters. The van der Waals surface area contributed by atoms with Gasteiger partial charge in [0.15, 0.2) is 0 Å². The molecule has 2 N–H and O–H groups in total. The van der Waals surface area contributed by atoms with Gasteiger partial charge >= 0.3 is 5.97 Å². The van der Waals surface area contributed by atoms with Crippen LogP contribution in [0, 0.1) is 0 Å². The number of ether oxygens (including phenoxy) is 1. The van der Waals surface area contributed by atoms with E-state index in [1.165, 1.54) is 24.5 Å². The number of hydrogen-bond donors (Lipinski definition) is 2. The first-order valence-corrected chi connectivity index (χ1v) is 10.5. The van der Waals surface area contributed by atoms with Crippen LogP contribution in [0.4, 0.5) is 0 Å². The molecule has 1 aliphatic heterocycles. The summed E-state index contributed by atoms with van der Waals surface area (Å²) in [5, 5.41) is 20.2. The van der Waals surface area contributed by atoms with E-state index in [1.807, 2.05) is 18.2 Å². The Bertz CT molecular complexity index is 1670. The highest BCUT2D eigenvalue weighted by Crippen LogP contribution is 2.45. The minimum Gasteiger partial charge on any atom is -0.508 e. The first kappa shape index (κ1) is 19.9. The highest BCUT2D eigenvalue weighted by molar-refractivity contribution is 5.94. The van der Waals surface area contributed by atoms with Gasteiger partial charge in [-0.25, -0.2) is 0 Å². The Morgan fingerprint density at radius 1 is 0.912 bits per heavy atom. The van der Waals surface area contributed by atoms with Crippen molar-refractivity contribution in [3.63, 3.8) is 0 Å². The summed E-state index contributed by atoms with van der Waals surface area (Å²) in [6.07, 6.45) is 4.54. The monoisotopic (exact) mass is 452 g/mol. The Morgan fingerprint density at radius 3 is 2.47 bits per heavy atom. The molecule has 0 radical (unpaired) electrons. The third kappa shape index (κ3) is 3.07. The van der Waals surface area contributed by atoms with Crippen LogP contribution in [-0.2, 0) is 4.79 Å². The van der Waals surface area contributed by atoms with Crippen molar-refractivity contribution in [1.82, 2.24) is 9.97 Å². The normalized spacial score (nSPS) is 15.3. The Kier molecular flexibility index (Phi) is 4.35. The van der Waals surface area contributed by atoms with Crippen LogP contribution in [0.1, 0.15) is 23.5 Å². The van der Waals surface area contributed by atoms with Crippen molar-refractivity contribution in [3.8, 4) is 28.4 Å². The van der Waals surface area contributed by atoms with E-state index < -0.39 is 17.3 Å². The van der Waals surface area contributed by atoms with Gasteiger partial charge in [0, 0.05) is 29.9 Å². The second-order valence-electron chi connectivity index (χ2n) is 8.07. The van der Waals surface area contributed by atoms with E-state index in [-0.39, 0.29) is 40.2 Å². The summed E-state index contributed by atoms with van der Waals surface area (Å²) >= 11 is 0. The number of carbonyl (C=O) groups excluding carboxylic acids is 1. The van der Waals surface area contributed by atoms with Crippen LogP contribution in [0.3, 0.4) is 0 Å². The van der Waals surface area contributed by atoms with Crippen LogP contribution < -0.4 is 10.2 Å². The van der Waals surface area contributed by atoms with Crippen LogP contribution in [-0.4, -0.2) is 26.2 Å². The maximum absolute atomic E-state index is 13.4. The number of aromatic nitrogens is 2. The highest BCUT2D eigenvalue weighted by atomic mass is 16.5. The molecule has 0 spiro atoms. The number of esters is 1. The molecule has 0 saturated carbocycles. The first-order valence-electron chi connectivity index (χ1n) is 10.5. The van der Waals surface area contributed by atoms with Crippen molar-refractivity contribution in [1.29, 1.82) is 0 Å². The summed E-state index contributed by atoms with van der Waals surface area (Å²) in [5.74, 6) is -1.07. The highest BCUT2D eigenvalue weighted by Gasteiger charge is 2.33. The Balaban J connectivity index is 1.60. The third-order valence-electron chi connectivity index (χ3n) is 6.04. The largest absolute Gasteiger partial charge is 0.508 e. The number of phenolic OH excluding ortho intramolecular Hbond substituents is 2. The zero-order chi connectivity index (χ0) is 23.4. The number of fused-ring (bicyclic) bond motifs is 4. The van der Waals surface area contributed by atoms with Crippen LogP contribution in [0.15, 0.2) is 76.4 Å². The second kappa shape index (κ2) is 7.41. The van der Waals surface area contributed by atoms with Gasteiger partial charge in [-0.2, -0.15) is 0 Å². The third-order valence-corrected chi connectivity index (χ3v) is 6.04. The molecule has 3 heterocycles. The van der Waals surface area contributed by atoms with Crippen molar-refractivity contribution < 1.29 is 24.2 Å². The van der Waals surface area contributed by atoms with Crippen LogP contribution in [0.2, 0.25) is 0 Å². The van der Waals surface area contributed by atoms with Gasteiger partial charge in [0.2, 0.25) is 5.43 Å². The Morgan fingerprint density at radius 2 is 1.68 bits per heavy atom. The lowest BCUT2D eigenvalue weighted by Crippen LogP contribution is -2.22. The molecule has 8 nitrogen and oxygen atoms in total. The van der Waals surface area contributed by atoms with Gasteiger partial charge in [0.05, 0.1) is 23.0 Å². The Hall–Kier alpha value is -4.72. The molecule has 2 aromatic heterocycles. The molecule has 1 aliphatic rings. The van der Waals surface area contributed by atoms with Gasteiger partial charge in [-0.1, -0.05) is 18.2 Å².